The molecule has 0 amide bonds. The molecule has 0 aliphatic rings. The summed E-state index contributed by atoms with van der Waals surface area (Å²) in [7, 11) is 0. The summed E-state index contributed by atoms with van der Waals surface area (Å²) in [5.74, 6) is 0. The van der Waals surface area contributed by atoms with Crippen LogP contribution in [0.15, 0.2) is 0 Å². The van der Waals surface area contributed by atoms with E-state index in [1.807, 2.05) is 0 Å². The van der Waals surface area contributed by atoms with Crippen molar-refractivity contribution in [3.63, 3.8) is 0 Å². The molecule has 5 nitrogen and oxygen atoms in total. The number of unbranched alkanes of at least 4 members (excludes halogenated alkanes) is 9. The molecule has 23 heavy (non-hydrogen) atoms. The van der Waals surface area contributed by atoms with Crippen molar-refractivity contribution in [2.45, 2.75) is 83.7 Å². The van der Waals surface area contributed by atoms with Gasteiger partial charge in [0.1, 0.15) is 6.10 Å². The molecule has 0 rings (SSSR count). The number of rotatable bonds is 16. The molecule has 0 spiro atoms. The largest absolute Gasteiger partial charge is 0.396 e. The first-order valence-electron chi connectivity index (χ1n) is 9.31. The van der Waals surface area contributed by atoms with Gasteiger partial charge in [0, 0.05) is 19.8 Å². The predicted molar refractivity (Wildman–Crippen MR) is 94.5 cm³/mol. The van der Waals surface area contributed by atoms with Gasteiger partial charge in [0.15, 0.2) is 0 Å². The van der Waals surface area contributed by atoms with Gasteiger partial charge in [-0.2, -0.15) is 0 Å². The normalized spacial score (nSPS) is 10.7. The summed E-state index contributed by atoms with van der Waals surface area (Å²) < 4.78 is 5.39. The van der Waals surface area contributed by atoms with Gasteiger partial charge in [-0.3, -0.25) is 0 Å². The third-order valence-electron chi connectivity index (χ3n) is 3.51. The molecular weight excluding hydrogens is 296 g/mol. The van der Waals surface area contributed by atoms with E-state index >= 15 is 0 Å². The summed E-state index contributed by atoms with van der Waals surface area (Å²) in [6, 6.07) is 0. The van der Waals surface area contributed by atoms with E-state index in [4.69, 9.17) is 25.2 Å². The minimum absolute atomic E-state index is 0.248. The fourth-order valence-electron chi connectivity index (χ4n) is 2.02. The molecule has 0 fully saturated rings. The lowest BCUT2D eigenvalue weighted by Crippen LogP contribution is -2.15. The van der Waals surface area contributed by atoms with E-state index in [0.717, 1.165) is 13.0 Å². The number of hydrogen-bond acceptors (Lipinski definition) is 5. The molecule has 0 heterocycles. The van der Waals surface area contributed by atoms with Gasteiger partial charge < -0.3 is 25.2 Å². The molecule has 0 saturated heterocycles. The van der Waals surface area contributed by atoms with E-state index in [9.17, 15) is 0 Å². The average Bonchev–Trinajstić information content (AvgIpc) is 2.59. The van der Waals surface area contributed by atoms with Gasteiger partial charge in [0.25, 0.3) is 0 Å². The van der Waals surface area contributed by atoms with Crippen LogP contribution >= 0.6 is 0 Å². The smallest absolute Gasteiger partial charge is 0.100 e. The van der Waals surface area contributed by atoms with Crippen LogP contribution in [-0.2, 0) is 4.74 Å². The zero-order valence-electron chi connectivity index (χ0n) is 15.1. The van der Waals surface area contributed by atoms with Crippen molar-refractivity contribution in [3.05, 3.63) is 0 Å². The van der Waals surface area contributed by atoms with Crippen molar-refractivity contribution >= 4 is 0 Å². The Balaban J connectivity index is 0. The standard InChI is InChI=1S/C15H32O2.C3H8O3/c1-2-3-4-5-6-7-8-9-10-11-14-17-15-12-13-16;4-1-3(6)2-5/h16H,2-15H2,1H3;3-6H,1-2H2. The van der Waals surface area contributed by atoms with Crippen LogP contribution in [0.5, 0.6) is 0 Å². The molecule has 0 aliphatic heterocycles. The third kappa shape index (κ3) is 27.0. The fourth-order valence-corrected chi connectivity index (χ4v) is 2.02. The second-order valence-corrected chi connectivity index (χ2v) is 5.89. The molecule has 4 N–H and O–H groups in total. The van der Waals surface area contributed by atoms with E-state index in [1.54, 1.807) is 0 Å². The first-order chi connectivity index (χ1) is 11.2. The summed E-state index contributed by atoms with van der Waals surface area (Å²) in [5, 5.41) is 32.6. The highest BCUT2D eigenvalue weighted by Crippen LogP contribution is 2.10. The van der Waals surface area contributed by atoms with Gasteiger partial charge in [0.05, 0.1) is 13.2 Å². The molecular formula is C18H40O5. The first kappa shape index (κ1) is 25.0. The van der Waals surface area contributed by atoms with Crippen molar-refractivity contribution in [2.24, 2.45) is 0 Å². The van der Waals surface area contributed by atoms with Crippen molar-refractivity contribution in [2.75, 3.05) is 33.0 Å². The summed E-state index contributed by atoms with van der Waals surface area (Å²) >= 11 is 0. The number of aliphatic hydroxyl groups excluding tert-OH is 4. The van der Waals surface area contributed by atoms with Crippen LogP contribution in [0.2, 0.25) is 0 Å². The summed E-state index contributed by atoms with van der Waals surface area (Å²) in [6.45, 7) is 3.37. The molecule has 0 aromatic heterocycles. The maximum absolute atomic E-state index is 8.56. The predicted octanol–water partition coefficient (Wildman–Crippen LogP) is 2.64. The minimum atomic E-state index is -0.954. The van der Waals surface area contributed by atoms with Crippen LogP contribution in [0.3, 0.4) is 0 Å². The van der Waals surface area contributed by atoms with E-state index in [0.29, 0.717) is 6.61 Å². The Morgan fingerprint density at radius 2 is 1.09 bits per heavy atom. The Labute approximate surface area is 142 Å². The summed E-state index contributed by atoms with van der Waals surface area (Å²) in [5.41, 5.74) is 0. The van der Waals surface area contributed by atoms with Gasteiger partial charge >= 0.3 is 0 Å². The van der Waals surface area contributed by atoms with E-state index < -0.39 is 6.10 Å². The summed E-state index contributed by atoms with van der Waals surface area (Å²) in [6.07, 6.45) is 13.5. The molecule has 0 aromatic carbocycles. The number of aliphatic hydroxyl groups is 4. The van der Waals surface area contributed by atoms with E-state index in [2.05, 4.69) is 6.92 Å². The quantitative estimate of drug-likeness (QED) is 0.325. The summed E-state index contributed by atoms with van der Waals surface area (Å²) in [4.78, 5) is 0. The Kier molecular flexibility index (Phi) is 26.2. The fraction of sp³-hybridized carbons (Fsp3) is 1.00. The molecule has 142 valence electrons. The lowest BCUT2D eigenvalue weighted by Gasteiger charge is -2.03. The molecule has 0 radical (unpaired) electrons. The highest BCUT2D eigenvalue weighted by Gasteiger charge is 1.94. The van der Waals surface area contributed by atoms with E-state index in [-0.39, 0.29) is 19.8 Å². The average molecular weight is 337 g/mol. The van der Waals surface area contributed by atoms with Crippen molar-refractivity contribution in [1.82, 2.24) is 0 Å². The minimum Gasteiger partial charge on any atom is -0.396 e. The molecule has 0 saturated carbocycles. The maximum Gasteiger partial charge on any atom is 0.100 e. The molecule has 0 atom stereocenters. The van der Waals surface area contributed by atoms with Crippen LogP contribution in [0, 0.1) is 0 Å². The Morgan fingerprint density at radius 3 is 1.48 bits per heavy atom. The SMILES string of the molecule is CCCCCCCCCCCCOCCCO.OCC(O)CO. The molecule has 5 heteroatoms. The Morgan fingerprint density at radius 1 is 0.652 bits per heavy atom. The molecule has 0 aromatic rings. The van der Waals surface area contributed by atoms with Crippen LogP contribution < -0.4 is 0 Å². The van der Waals surface area contributed by atoms with Gasteiger partial charge in [-0.05, 0) is 12.8 Å². The zero-order chi connectivity index (χ0) is 17.6. The lowest BCUT2D eigenvalue weighted by molar-refractivity contribution is 0.0450. The zero-order valence-corrected chi connectivity index (χ0v) is 15.1. The number of ether oxygens (including phenoxy) is 1. The van der Waals surface area contributed by atoms with Crippen LogP contribution in [-0.4, -0.2) is 59.6 Å². The second kappa shape index (κ2) is 24.1. The number of hydrogen-bond donors (Lipinski definition) is 4. The Bertz CT molecular complexity index is 172. The maximum atomic E-state index is 8.56. The first-order valence-corrected chi connectivity index (χ1v) is 9.31. The Hall–Kier alpha value is -0.200. The lowest BCUT2D eigenvalue weighted by atomic mass is 10.1. The van der Waals surface area contributed by atoms with Gasteiger partial charge in [0.2, 0.25) is 0 Å². The second-order valence-electron chi connectivity index (χ2n) is 5.89. The van der Waals surface area contributed by atoms with Crippen molar-refractivity contribution in [3.8, 4) is 0 Å². The third-order valence-corrected chi connectivity index (χ3v) is 3.51. The van der Waals surface area contributed by atoms with Crippen LogP contribution in [0.1, 0.15) is 77.6 Å². The highest BCUT2D eigenvalue weighted by atomic mass is 16.5. The van der Waals surface area contributed by atoms with Gasteiger partial charge in [-0.25, -0.2) is 0 Å². The van der Waals surface area contributed by atoms with Gasteiger partial charge in [-0.15, -0.1) is 0 Å². The van der Waals surface area contributed by atoms with E-state index in [1.165, 1.54) is 64.2 Å². The molecule has 0 unspecified atom stereocenters. The van der Waals surface area contributed by atoms with Crippen LogP contribution in [0.4, 0.5) is 0 Å². The van der Waals surface area contributed by atoms with Crippen molar-refractivity contribution in [1.29, 1.82) is 0 Å². The highest BCUT2D eigenvalue weighted by molar-refractivity contribution is 4.47. The monoisotopic (exact) mass is 336 g/mol. The van der Waals surface area contributed by atoms with Crippen LogP contribution in [0.25, 0.3) is 0 Å². The van der Waals surface area contributed by atoms with Gasteiger partial charge in [-0.1, -0.05) is 64.7 Å². The van der Waals surface area contributed by atoms with Crippen molar-refractivity contribution < 1.29 is 25.2 Å². The topological polar surface area (TPSA) is 90.2 Å². The molecule has 0 bridgehead atoms. The molecule has 0 aliphatic carbocycles.